The number of halogens is 2. The van der Waals surface area contributed by atoms with E-state index < -0.39 is 17.7 Å². The summed E-state index contributed by atoms with van der Waals surface area (Å²) in [6, 6.07) is 3.71. The van der Waals surface area contributed by atoms with Gasteiger partial charge in [0.2, 0.25) is 5.91 Å². The molecule has 0 aliphatic heterocycles. The van der Waals surface area contributed by atoms with Crippen molar-refractivity contribution >= 4 is 5.91 Å². The molecule has 3 N–H and O–H groups in total. The average Bonchev–Trinajstić information content (AvgIpc) is 2.49. The molecule has 2 aliphatic rings. The van der Waals surface area contributed by atoms with Crippen molar-refractivity contribution in [3.63, 3.8) is 0 Å². The zero-order valence-electron chi connectivity index (χ0n) is 13.4. The van der Waals surface area contributed by atoms with Crippen molar-refractivity contribution in [3.05, 3.63) is 35.4 Å². The average molecular weight is 322 g/mol. The Labute approximate surface area is 135 Å². The highest BCUT2D eigenvalue weighted by atomic mass is 19.2. The predicted octanol–water partition coefficient (Wildman–Crippen LogP) is 3.30. The Balaban J connectivity index is 1.66. The standard InChI is InChI=1S/C18H24F2N2O/c1-10(14-6-3-7-15(19)16(14)20)22-18(23)13-8-11-4-2-5-12(9-13)17(11)21/h3,6-7,10-13,17H,2,4-5,8-9,21H2,1H3,(H,22,23). The number of nitrogens with two attached hydrogens (primary N) is 1. The molecule has 3 rings (SSSR count). The fourth-order valence-corrected chi connectivity index (χ4v) is 4.27. The van der Waals surface area contributed by atoms with Crippen LogP contribution in [0.2, 0.25) is 0 Å². The predicted molar refractivity (Wildman–Crippen MR) is 84.4 cm³/mol. The number of rotatable bonds is 3. The van der Waals surface area contributed by atoms with Gasteiger partial charge < -0.3 is 11.1 Å². The van der Waals surface area contributed by atoms with Gasteiger partial charge in [-0.2, -0.15) is 0 Å². The first-order valence-electron chi connectivity index (χ1n) is 8.47. The smallest absolute Gasteiger partial charge is 0.223 e. The molecule has 2 bridgehead atoms. The number of hydrogen-bond donors (Lipinski definition) is 2. The highest BCUT2D eigenvalue weighted by molar-refractivity contribution is 5.79. The molecule has 126 valence electrons. The van der Waals surface area contributed by atoms with E-state index in [1.54, 1.807) is 6.92 Å². The van der Waals surface area contributed by atoms with Gasteiger partial charge in [-0.05, 0) is 50.5 Å². The maximum atomic E-state index is 13.8. The summed E-state index contributed by atoms with van der Waals surface area (Å²) >= 11 is 0. The molecular formula is C18H24F2N2O. The van der Waals surface area contributed by atoms with Crippen LogP contribution >= 0.6 is 0 Å². The molecule has 3 unspecified atom stereocenters. The zero-order chi connectivity index (χ0) is 16.6. The minimum Gasteiger partial charge on any atom is -0.349 e. The van der Waals surface area contributed by atoms with Gasteiger partial charge in [-0.1, -0.05) is 18.6 Å². The van der Waals surface area contributed by atoms with Gasteiger partial charge in [0.05, 0.1) is 6.04 Å². The molecule has 5 heteroatoms. The van der Waals surface area contributed by atoms with Gasteiger partial charge in [0.25, 0.3) is 0 Å². The van der Waals surface area contributed by atoms with E-state index in [-0.39, 0.29) is 23.4 Å². The molecule has 1 aromatic rings. The lowest BCUT2D eigenvalue weighted by atomic mass is 9.65. The summed E-state index contributed by atoms with van der Waals surface area (Å²) in [4.78, 5) is 12.5. The summed E-state index contributed by atoms with van der Waals surface area (Å²) in [6.07, 6.45) is 5.00. The van der Waals surface area contributed by atoms with E-state index in [1.165, 1.54) is 18.6 Å². The fraction of sp³-hybridized carbons (Fsp3) is 0.611. The third kappa shape index (κ3) is 3.25. The van der Waals surface area contributed by atoms with Gasteiger partial charge in [-0.25, -0.2) is 8.78 Å². The van der Waals surface area contributed by atoms with Gasteiger partial charge >= 0.3 is 0 Å². The molecule has 2 aliphatic carbocycles. The van der Waals surface area contributed by atoms with Crippen molar-refractivity contribution in [1.29, 1.82) is 0 Å². The monoisotopic (exact) mass is 322 g/mol. The normalized spacial score (nSPS) is 31.5. The van der Waals surface area contributed by atoms with Crippen LogP contribution in [0.3, 0.4) is 0 Å². The molecule has 0 heterocycles. The largest absolute Gasteiger partial charge is 0.349 e. The Bertz CT molecular complexity index is 578. The summed E-state index contributed by atoms with van der Waals surface area (Å²) in [5.41, 5.74) is 6.44. The molecular weight excluding hydrogens is 298 g/mol. The summed E-state index contributed by atoms with van der Waals surface area (Å²) in [5.74, 6) is -1.07. The van der Waals surface area contributed by atoms with Gasteiger partial charge in [0, 0.05) is 17.5 Å². The minimum atomic E-state index is -0.887. The number of carbonyl (C=O) groups is 1. The first-order valence-corrected chi connectivity index (χ1v) is 8.47. The zero-order valence-corrected chi connectivity index (χ0v) is 13.4. The number of nitrogens with one attached hydrogen (secondary N) is 1. The lowest BCUT2D eigenvalue weighted by molar-refractivity contribution is -0.128. The van der Waals surface area contributed by atoms with Crippen molar-refractivity contribution in [2.45, 2.75) is 51.1 Å². The van der Waals surface area contributed by atoms with Crippen LogP contribution in [-0.2, 0) is 4.79 Å². The van der Waals surface area contributed by atoms with Crippen LogP contribution in [0.1, 0.15) is 50.6 Å². The van der Waals surface area contributed by atoms with E-state index in [4.69, 9.17) is 5.73 Å². The first kappa shape index (κ1) is 16.4. The molecule has 2 saturated carbocycles. The number of benzene rings is 1. The molecule has 1 amide bonds. The topological polar surface area (TPSA) is 55.1 Å². The van der Waals surface area contributed by atoms with E-state index in [0.29, 0.717) is 11.8 Å². The Morgan fingerprint density at radius 3 is 2.57 bits per heavy atom. The van der Waals surface area contributed by atoms with E-state index >= 15 is 0 Å². The van der Waals surface area contributed by atoms with Crippen molar-refractivity contribution in [2.24, 2.45) is 23.5 Å². The van der Waals surface area contributed by atoms with E-state index in [0.717, 1.165) is 31.7 Å². The second-order valence-electron chi connectivity index (χ2n) is 7.07. The summed E-state index contributed by atoms with van der Waals surface area (Å²) < 4.78 is 27.2. The summed E-state index contributed by atoms with van der Waals surface area (Å²) in [6.45, 7) is 1.69. The van der Waals surface area contributed by atoms with Crippen LogP contribution in [-0.4, -0.2) is 11.9 Å². The van der Waals surface area contributed by atoms with Crippen LogP contribution in [0.4, 0.5) is 8.78 Å². The molecule has 3 nitrogen and oxygen atoms in total. The lowest BCUT2D eigenvalue weighted by Gasteiger charge is -2.43. The molecule has 0 saturated heterocycles. The Morgan fingerprint density at radius 2 is 1.91 bits per heavy atom. The third-order valence-electron chi connectivity index (χ3n) is 5.59. The number of carbonyl (C=O) groups excluding carboxylic acids is 1. The molecule has 3 atom stereocenters. The van der Waals surface area contributed by atoms with Crippen molar-refractivity contribution in [3.8, 4) is 0 Å². The maximum absolute atomic E-state index is 13.8. The molecule has 1 aromatic carbocycles. The maximum Gasteiger partial charge on any atom is 0.223 e. The van der Waals surface area contributed by atoms with Crippen LogP contribution in [0, 0.1) is 29.4 Å². The second kappa shape index (κ2) is 6.56. The highest BCUT2D eigenvalue weighted by Gasteiger charge is 2.40. The number of amides is 1. The second-order valence-corrected chi connectivity index (χ2v) is 7.07. The van der Waals surface area contributed by atoms with Gasteiger partial charge in [-0.3, -0.25) is 4.79 Å². The van der Waals surface area contributed by atoms with Crippen molar-refractivity contribution in [2.75, 3.05) is 0 Å². The van der Waals surface area contributed by atoms with Crippen LogP contribution in [0.15, 0.2) is 18.2 Å². The Kier molecular flexibility index (Phi) is 4.67. The molecule has 0 aromatic heterocycles. The SMILES string of the molecule is CC(NC(=O)C1CC2CCCC(C1)C2N)c1cccc(F)c1F. The molecule has 23 heavy (non-hydrogen) atoms. The van der Waals surface area contributed by atoms with Crippen molar-refractivity contribution in [1.82, 2.24) is 5.32 Å². The van der Waals surface area contributed by atoms with Crippen LogP contribution < -0.4 is 11.1 Å². The first-order chi connectivity index (χ1) is 11.0. The minimum absolute atomic E-state index is 0.0649. The van der Waals surface area contributed by atoms with Gasteiger partial charge in [0.15, 0.2) is 11.6 Å². The third-order valence-corrected chi connectivity index (χ3v) is 5.59. The lowest BCUT2D eigenvalue weighted by Crippen LogP contribution is -2.49. The molecule has 0 spiro atoms. The highest BCUT2D eigenvalue weighted by Crippen LogP contribution is 2.42. The van der Waals surface area contributed by atoms with E-state index in [1.807, 2.05) is 0 Å². The fourth-order valence-electron chi connectivity index (χ4n) is 4.27. The summed E-state index contributed by atoms with van der Waals surface area (Å²) in [7, 11) is 0. The number of fused-ring (bicyclic) bond motifs is 2. The van der Waals surface area contributed by atoms with Crippen molar-refractivity contribution < 1.29 is 13.6 Å². The van der Waals surface area contributed by atoms with E-state index in [2.05, 4.69) is 5.32 Å². The van der Waals surface area contributed by atoms with Gasteiger partial charge in [-0.15, -0.1) is 0 Å². The molecule has 0 radical (unpaired) electrons. The Morgan fingerprint density at radius 1 is 1.26 bits per heavy atom. The van der Waals surface area contributed by atoms with E-state index in [9.17, 15) is 13.6 Å². The summed E-state index contributed by atoms with van der Waals surface area (Å²) in [5, 5.41) is 2.85. The number of hydrogen-bond acceptors (Lipinski definition) is 2. The quantitative estimate of drug-likeness (QED) is 0.897. The molecule has 2 fully saturated rings. The Hall–Kier alpha value is -1.49. The van der Waals surface area contributed by atoms with Gasteiger partial charge in [0.1, 0.15) is 0 Å². The van der Waals surface area contributed by atoms with Crippen LogP contribution in [0.5, 0.6) is 0 Å². The van der Waals surface area contributed by atoms with Crippen LogP contribution in [0.25, 0.3) is 0 Å².